The van der Waals surface area contributed by atoms with Gasteiger partial charge in [0.05, 0.1) is 33.2 Å². The molecule has 61 heavy (non-hydrogen) atoms. The second-order valence-corrected chi connectivity index (χ2v) is 20.0. The number of aromatic carboxylic acids is 1. The van der Waals surface area contributed by atoms with Gasteiger partial charge in [0, 0.05) is 59.1 Å². The van der Waals surface area contributed by atoms with E-state index in [1.165, 1.54) is 11.3 Å². The normalized spacial score (nSPS) is 24.2. The molecule has 5 atom stereocenters. The molecule has 2 fully saturated rings. The molecule has 1 amide bonds. The summed E-state index contributed by atoms with van der Waals surface area (Å²) in [7, 11) is 0. The maximum absolute atomic E-state index is 13.6. The lowest BCUT2D eigenvalue weighted by molar-refractivity contribution is -0.198. The number of carboxylic acid groups (broad SMARTS) is 2. The monoisotopic (exact) mass is 842 g/mol. The summed E-state index contributed by atoms with van der Waals surface area (Å²) in [5.74, 6) is -2.23. The largest absolute Gasteiger partial charge is 0.481 e. The zero-order valence-electron chi connectivity index (χ0n) is 35.7. The molecule has 2 bridgehead atoms. The predicted molar refractivity (Wildman–Crippen MR) is 238 cm³/mol. The Hall–Kier alpha value is -5.53. The number of para-hydroxylation sites is 1. The number of aliphatic carboxylic acids is 1. The van der Waals surface area contributed by atoms with Gasteiger partial charge in [-0.05, 0) is 110 Å². The highest BCUT2D eigenvalue weighted by Gasteiger charge is 2.58. The van der Waals surface area contributed by atoms with Crippen LogP contribution in [0.3, 0.4) is 0 Å². The number of carbonyl (C=O) groups excluding carboxylic acids is 1. The van der Waals surface area contributed by atoms with E-state index < -0.39 is 11.9 Å². The molecular formula is C48H54N6O6S. The summed E-state index contributed by atoms with van der Waals surface area (Å²) in [6, 6.07) is 18.4. The van der Waals surface area contributed by atoms with Crippen LogP contribution in [0, 0.1) is 29.1 Å². The molecule has 2 aliphatic rings. The third-order valence-electron chi connectivity index (χ3n) is 13.2. The van der Waals surface area contributed by atoms with Crippen LogP contribution in [0.25, 0.3) is 43.5 Å². The maximum Gasteiger partial charge on any atom is 0.355 e. The van der Waals surface area contributed by atoms with Gasteiger partial charge in [0.25, 0.3) is 5.91 Å². The maximum atomic E-state index is 13.6. The van der Waals surface area contributed by atoms with Crippen molar-refractivity contribution in [3.8, 4) is 22.4 Å². The molecule has 0 spiro atoms. The number of amides is 1. The Labute approximate surface area is 359 Å². The first kappa shape index (κ1) is 42.2. The van der Waals surface area contributed by atoms with Crippen molar-refractivity contribution in [2.24, 2.45) is 22.2 Å². The van der Waals surface area contributed by atoms with Crippen LogP contribution in [-0.4, -0.2) is 65.0 Å². The second-order valence-electron chi connectivity index (χ2n) is 18.9. The molecule has 0 aliphatic heterocycles. The highest BCUT2D eigenvalue weighted by atomic mass is 32.1. The van der Waals surface area contributed by atoms with Gasteiger partial charge in [0.2, 0.25) is 0 Å². The number of aromatic nitrogens is 5. The predicted octanol–water partition coefficient (Wildman–Crippen LogP) is 10.7. The van der Waals surface area contributed by atoms with Crippen molar-refractivity contribution in [1.82, 2.24) is 24.7 Å². The Morgan fingerprint density at radius 2 is 1.66 bits per heavy atom. The Bertz CT molecular complexity index is 2640. The van der Waals surface area contributed by atoms with Gasteiger partial charge in [-0.2, -0.15) is 5.10 Å². The van der Waals surface area contributed by atoms with Gasteiger partial charge in [0.1, 0.15) is 0 Å². The topological polar surface area (TPSA) is 169 Å². The van der Waals surface area contributed by atoms with Crippen LogP contribution in [0.15, 0.2) is 73.1 Å². The van der Waals surface area contributed by atoms with Gasteiger partial charge in [-0.3, -0.25) is 24.6 Å². The molecule has 2 aliphatic carbocycles. The van der Waals surface area contributed by atoms with Crippen LogP contribution in [-0.2, 0) is 16.1 Å². The molecule has 0 saturated heterocycles. The van der Waals surface area contributed by atoms with E-state index in [4.69, 9.17) is 9.84 Å². The van der Waals surface area contributed by atoms with Gasteiger partial charge in [-0.15, -0.1) is 0 Å². The summed E-state index contributed by atoms with van der Waals surface area (Å²) in [6.07, 6.45) is 10.2. The van der Waals surface area contributed by atoms with Crippen LogP contribution >= 0.6 is 11.3 Å². The van der Waals surface area contributed by atoms with E-state index in [-0.39, 0.29) is 45.8 Å². The summed E-state index contributed by atoms with van der Waals surface area (Å²) < 4.78 is 9.92. The molecule has 12 nitrogen and oxygen atoms in total. The average molecular weight is 843 g/mol. The van der Waals surface area contributed by atoms with Crippen molar-refractivity contribution in [2.45, 2.75) is 105 Å². The highest BCUT2D eigenvalue weighted by molar-refractivity contribution is 7.22. The summed E-state index contributed by atoms with van der Waals surface area (Å²) in [4.78, 5) is 51.7. The molecule has 2 aromatic carbocycles. The van der Waals surface area contributed by atoms with Gasteiger partial charge in [0.15, 0.2) is 10.8 Å². The van der Waals surface area contributed by atoms with Crippen LogP contribution in [0.5, 0.6) is 0 Å². The molecule has 4 aromatic heterocycles. The van der Waals surface area contributed by atoms with Gasteiger partial charge in [-0.25, -0.2) is 14.8 Å². The second kappa shape index (κ2) is 16.1. The SMILES string of the molecule is CCC1(C)CC2(C)CC(C)(Cn3ncc(-c4ccc(-c5cnc6cccc(C(=O)Nc7nc8ccccc8s7)c6c5)nc4C(=O)O)c3C)CC(OCCC(C)CC(=O)O)(C1)C2. The molecule has 318 valence electrons. The summed E-state index contributed by atoms with van der Waals surface area (Å²) in [6.45, 7) is 14.5. The van der Waals surface area contributed by atoms with Crippen molar-refractivity contribution in [1.29, 1.82) is 0 Å². The van der Waals surface area contributed by atoms with Gasteiger partial charge in [-0.1, -0.05) is 70.6 Å². The first-order chi connectivity index (χ1) is 29.0. The van der Waals surface area contributed by atoms with E-state index in [1.54, 1.807) is 36.7 Å². The van der Waals surface area contributed by atoms with Crippen molar-refractivity contribution >= 4 is 55.4 Å². The molecule has 4 heterocycles. The fourth-order valence-electron chi connectivity index (χ4n) is 11.1. The molecular weight excluding hydrogens is 789 g/mol. The first-order valence-corrected chi connectivity index (χ1v) is 22.0. The summed E-state index contributed by atoms with van der Waals surface area (Å²) >= 11 is 1.40. The zero-order valence-corrected chi connectivity index (χ0v) is 36.6. The first-order valence-electron chi connectivity index (χ1n) is 21.2. The van der Waals surface area contributed by atoms with E-state index in [1.807, 2.05) is 54.9 Å². The van der Waals surface area contributed by atoms with E-state index in [2.05, 4.69) is 48.0 Å². The lowest BCUT2D eigenvalue weighted by Crippen LogP contribution is -2.57. The molecule has 0 radical (unpaired) electrons. The molecule has 13 heteroatoms. The molecule has 2 saturated carbocycles. The number of nitrogens with zero attached hydrogens (tertiary/aromatic N) is 5. The highest BCUT2D eigenvalue weighted by Crippen LogP contribution is 2.64. The number of hydrogen-bond acceptors (Lipinski definition) is 9. The lowest BCUT2D eigenvalue weighted by Gasteiger charge is -2.62. The quantitative estimate of drug-likeness (QED) is 0.0959. The molecule has 3 N–H and O–H groups in total. The number of fused-ring (bicyclic) bond motifs is 4. The number of carboxylic acids is 2. The minimum absolute atomic E-state index is 0.0348. The standard InChI is InChI=1S/C48H54N6O6S/c1-7-45(4)23-46(5)24-47(6,27-48(25-45,26-46)60-18-17-29(2)19-40(55)56)28-54-30(3)35(22-50-54)32-15-16-36(51-41(32)43(58)59)31-20-34-33(11-10-13-37(34)49-21-31)42(57)53-44-52-38-12-8-9-14-39(38)61-44/h8-16,20-22,29H,7,17-19,23-28H2,1-6H3,(H,55,56)(H,58,59)(H,52,53,57). The van der Waals surface area contributed by atoms with Crippen LogP contribution < -0.4 is 5.32 Å². The van der Waals surface area contributed by atoms with Crippen LogP contribution in [0.4, 0.5) is 5.13 Å². The number of ether oxygens (including phenoxy) is 1. The summed E-state index contributed by atoms with van der Waals surface area (Å²) in [5, 5.41) is 28.8. The van der Waals surface area contributed by atoms with E-state index >= 15 is 0 Å². The number of benzene rings is 2. The molecule has 6 aromatic rings. The van der Waals surface area contributed by atoms with Crippen LogP contribution in [0.2, 0.25) is 0 Å². The fourth-order valence-corrected chi connectivity index (χ4v) is 12.0. The molecule has 8 rings (SSSR count). The number of hydrogen-bond donors (Lipinski definition) is 3. The van der Waals surface area contributed by atoms with Crippen molar-refractivity contribution in [3.63, 3.8) is 0 Å². The van der Waals surface area contributed by atoms with Gasteiger partial charge >= 0.3 is 11.9 Å². The van der Waals surface area contributed by atoms with Crippen molar-refractivity contribution < 1.29 is 29.3 Å². The Morgan fingerprint density at radius 1 is 0.902 bits per heavy atom. The zero-order chi connectivity index (χ0) is 43.3. The lowest BCUT2D eigenvalue weighted by atomic mass is 9.47. The number of rotatable bonds is 14. The van der Waals surface area contributed by atoms with Crippen molar-refractivity contribution in [2.75, 3.05) is 11.9 Å². The Morgan fingerprint density at radius 3 is 2.41 bits per heavy atom. The fraction of sp³-hybridized carbons (Fsp3) is 0.438. The Kier molecular flexibility index (Phi) is 11.1. The number of thiazole rings is 1. The van der Waals surface area contributed by atoms with Crippen molar-refractivity contribution in [3.05, 3.63) is 90.0 Å². The smallest absolute Gasteiger partial charge is 0.355 e. The average Bonchev–Trinajstić information content (AvgIpc) is 3.77. The minimum atomic E-state index is -1.16. The number of pyridine rings is 2. The number of nitrogens with one attached hydrogen (secondary N) is 1. The summed E-state index contributed by atoms with van der Waals surface area (Å²) in [5.41, 5.74) is 4.47. The molecule has 5 unspecified atom stereocenters. The number of anilines is 1. The van der Waals surface area contributed by atoms with E-state index in [0.717, 1.165) is 54.4 Å². The number of carbonyl (C=O) groups is 3. The Balaban J connectivity index is 1.05. The third kappa shape index (κ3) is 8.68. The van der Waals surface area contributed by atoms with E-state index in [0.29, 0.717) is 63.6 Å². The third-order valence-corrected chi connectivity index (χ3v) is 14.1. The van der Waals surface area contributed by atoms with E-state index in [9.17, 15) is 24.6 Å². The van der Waals surface area contributed by atoms with Gasteiger partial charge < -0.3 is 14.9 Å². The van der Waals surface area contributed by atoms with Crippen LogP contribution in [0.1, 0.15) is 113 Å². The minimum Gasteiger partial charge on any atom is -0.481 e.